The Hall–Kier alpha value is -2.42. The third-order valence-electron chi connectivity index (χ3n) is 5.60. The van der Waals surface area contributed by atoms with Crippen LogP contribution in [-0.4, -0.2) is 52.0 Å². The van der Waals surface area contributed by atoms with Gasteiger partial charge < -0.3 is 14.8 Å². The smallest absolute Gasteiger partial charge is 0.252 e. The van der Waals surface area contributed by atoms with Gasteiger partial charge in [0.2, 0.25) is 10.0 Å². The van der Waals surface area contributed by atoms with Crippen molar-refractivity contribution in [2.24, 2.45) is 0 Å². The van der Waals surface area contributed by atoms with E-state index in [1.54, 1.807) is 26.2 Å². The number of nitrogens with one attached hydrogen (secondary N) is 1. The topological polar surface area (TPSA) is 84.9 Å². The zero-order valence-corrected chi connectivity index (χ0v) is 19.3. The van der Waals surface area contributed by atoms with E-state index < -0.39 is 10.0 Å². The van der Waals surface area contributed by atoms with E-state index in [1.165, 1.54) is 10.4 Å². The number of carbonyl (C=O) groups excluding carboxylic acids is 1. The Labute approximate surface area is 184 Å². The molecule has 0 bridgehead atoms. The average Bonchev–Trinajstić information content (AvgIpc) is 2.78. The fourth-order valence-electron chi connectivity index (χ4n) is 3.72. The van der Waals surface area contributed by atoms with Gasteiger partial charge in [0.1, 0.15) is 5.75 Å². The summed E-state index contributed by atoms with van der Waals surface area (Å²) in [6.45, 7) is 7.13. The third kappa shape index (κ3) is 5.08. The van der Waals surface area contributed by atoms with E-state index in [4.69, 9.17) is 9.47 Å². The Morgan fingerprint density at radius 2 is 1.84 bits per heavy atom. The zero-order chi connectivity index (χ0) is 22.6. The highest BCUT2D eigenvalue weighted by molar-refractivity contribution is 7.89. The molecule has 168 valence electrons. The van der Waals surface area contributed by atoms with Gasteiger partial charge >= 0.3 is 0 Å². The highest BCUT2D eigenvalue weighted by atomic mass is 32.2. The van der Waals surface area contributed by atoms with Crippen LogP contribution >= 0.6 is 0 Å². The fourth-order valence-corrected chi connectivity index (χ4v) is 5.15. The summed E-state index contributed by atoms with van der Waals surface area (Å²) in [5.74, 6) is 0.499. The van der Waals surface area contributed by atoms with E-state index in [0.29, 0.717) is 38.3 Å². The number of hydrogen-bond acceptors (Lipinski definition) is 5. The maximum atomic E-state index is 13.1. The lowest BCUT2D eigenvalue weighted by Crippen LogP contribution is -2.40. The largest absolute Gasteiger partial charge is 0.496 e. The molecule has 1 aliphatic heterocycles. The molecule has 1 heterocycles. The van der Waals surface area contributed by atoms with Gasteiger partial charge in [0.25, 0.3) is 5.91 Å². The first-order valence-electron chi connectivity index (χ1n) is 10.4. The predicted molar refractivity (Wildman–Crippen MR) is 119 cm³/mol. The van der Waals surface area contributed by atoms with E-state index >= 15 is 0 Å². The second kappa shape index (κ2) is 9.80. The molecule has 31 heavy (non-hydrogen) atoms. The summed E-state index contributed by atoms with van der Waals surface area (Å²) in [6, 6.07) is 10.3. The second-order valence-electron chi connectivity index (χ2n) is 7.66. The Balaban J connectivity index is 1.85. The molecule has 1 atom stereocenters. The van der Waals surface area contributed by atoms with Gasteiger partial charge in [-0.1, -0.05) is 25.1 Å². The number of methoxy groups -OCH3 is 1. The van der Waals surface area contributed by atoms with Gasteiger partial charge in [-0.3, -0.25) is 4.79 Å². The minimum Gasteiger partial charge on any atom is -0.496 e. The van der Waals surface area contributed by atoms with Gasteiger partial charge in [0, 0.05) is 18.7 Å². The van der Waals surface area contributed by atoms with Gasteiger partial charge in [-0.05, 0) is 55.2 Å². The molecule has 8 heteroatoms. The standard InChI is InChI=1S/C23H30N2O5S/c1-5-21(18-7-9-22(29-4)17(3)14-18)24-23(26)20-15-19(8-6-16(20)2)31(27,28)25-10-12-30-13-11-25/h6-9,14-15,21H,5,10-13H2,1-4H3,(H,24,26). The van der Waals surface area contributed by atoms with Crippen LogP contribution in [0.2, 0.25) is 0 Å². The van der Waals surface area contributed by atoms with Gasteiger partial charge in [-0.25, -0.2) is 8.42 Å². The number of morpholine rings is 1. The SMILES string of the molecule is CCC(NC(=O)c1cc(S(=O)(=O)N2CCOCC2)ccc1C)c1ccc(OC)c(C)c1. The van der Waals surface area contributed by atoms with Crippen molar-refractivity contribution in [3.05, 3.63) is 58.7 Å². The highest BCUT2D eigenvalue weighted by Gasteiger charge is 2.27. The Bertz CT molecular complexity index is 1050. The van der Waals surface area contributed by atoms with Crippen LogP contribution in [0.1, 0.15) is 46.4 Å². The molecule has 0 aromatic heterocycles. The van der Waals surface area contributed by atoms with Crippen LogP contribution in [0, 0.1) is 13.8 Å². The van der Waals surface area contributed by atoms with E-state index in [0.717, 1.165) is 22.4 Å². The molecule has 1 unspecified atom stereocenters. The van der Waals surface area contributed by atoms with Gasteiger partial charge in [-0.15, -0.1) is 0 Å². The minimum absolute atomic E-state index is 0.124. The average molecular weight is 447 g/mol. The van der Waals surface area contributed by atoms with E-state index in [2.05, 4.69) is 5.32 Å². The van der Waals surface area contributed by atoms with E-state index in [1.807, 2.05) is 32.0 Å². The van der Waals surface area contributed by atoms with Crippen LogP contribution in [0.15, 0.2) is 41.3 Å². The van der Waals surface area contributed by atoms with Crippen molar-refractivity contribution in [2.45, 2.75) is 38.1 Å². The first-order chi connectivity index (χ1) is 14.8. The van der Waals surface area contributed by atoms with Crippen molar-refractivity contribution in [1.82, 2.24) is 9.62 Å². The number of aryl methyl sites for hydroxylation is 2. The highest BCUT2D eigenvalue weighted by Crippen LogP contribution is 2.26. The van der Waals surface area contributed by atoms with Crippen LogP contribution < -0.4 is 10.1 Å². The number of carbonyl (C=O) groups is 1. The maximum Gasteiger partial charge on any atom is 0.252 e. The summed E-state index contributed by atoms with van der Waals surface area (Å²) in [5, 5.41) is 3.05. The molecule has 1 aliphatic rings. The third-order valence-corrected chi connectivity index (χ3v) is 7.49. The molecule has 0 saturated carbocycles. The summed E-state index contributed by atoms with van der Waals surface area (Å²) in [6.07, 6.45) is 0.697. The zero-order valence-electron chi connectivity index (χ0n) is 18.5. The van der Waals surface area contributed by atoms with Crippen molar-refractivity contribution in [3.8, 4) is 5.75 Å². The first kappa shape index (κ1) is 23.2. The molecule has 1 fully saturated rings. The number of ether oxygens (including phenoxy) is 2. The number of rotatable bonds is 7. The normalized spacial score (nSPS) is 16.0. The number of hydrogen-bond donors (Lipinski definition) is 1. The van der Waals surface area contributed by atoms with Crippen molar-refractivity contribution in [2.75, 3.05) is 33.4 Å². The van der Waals surface area contributed by atoms with Gasteiger partial charge in [0.05, 0.1) is 31.3 Å². The molecular weight excluding hydrogens is 416 g/mol. The molecule has 0 radical (unpaired) electrons. The van der Waals surface area contributed by atoms with Gasteiger partial charge in [-0.2, -0.15) is 4.31 Å². The van der Waals surface area contributed by atoms with Crippen LogP contribution in [0.3, 0.4) is 0 Å². The number of amides is 1. The maximum absolute atomic E-state index is 13.1. The number of benzene rings is 2. The molecule has 0 aliphatic carbocycles. The van der Waals surface area contributed by atoms with Crippen LogP contribution in [0.4, 0.5) is 0 Å². The first-order valence-corrected chi connectivity index (χ1v) is 11.9. The molecule has 1 saturated heterocycles. The molecule has 1 N–H and O–H groups in total. The Morgan fingerprint density at radius 1 is 1.13 bits per heavy atom. The number of sulfonamides is 1. The molecule has 1 amide bonds. The lowest BCUT2D eigenvalue weighted by atomic mass is 10.0. The van der Waals surface area contributed by atoms with Crippen molar-refractivity contribution < 1.29 is 22.7 Å². The van der Waals surface area contributed by atoms with Crippen LogP contribution in [-0.2, 0) is 14.8 Å². The Kier molecular flexibility index (Phi) is 7.35. The lowest BCUT2D eigenvalue weighted by Gasteiger charge is -2.26. The second-order valence-corrected chi connectivity index (χ2v) is 9.59. The van der Waals surface area contributed by atoms with E-state index in [-0.39, 0.29) is 16.8 Å². The number of nitrogens with zero attached hydrogens (tertiary/aromatic N) is 1. The van der Waals surface area contributed by atoms with Crippen molar-refractivity contribution >= 4 is 15.9 Å². The van der Waals surface area contributed by atoms with Crippen LogP contribution in [0.5, 0.6) is 5.75 Å². The summed E-state index contributed by atoms with van der Waals surface area (Å²) < 4.78 is 38.0. The minimum atomic E-state index is -3.67. The molecule has 2 aromatic rings. The summed E-state index contributed by atoms with van der Waals surface area (Å²) in [4.78, 5) is 13.2. The van der Waals surface area contributed by atoms with Crippen molar-refractivity contribution in [3.63, 3.8) is 0 Å². The lowest BCUT2D eigenvalue weighted by molar-refractivity contribution is 0.0730. The molecule has 3 rings (SSSR count). The summed E-state index contributed by atoms with van der Waals surface area (Å²) >= 11 is 0. The summed E-state index contributed by atoms with van der Waals surface area (Å²) in [5.41, 5.74) is 3.04. The van der Waals surface area contributed by atoms with Crippen molar-refractivity contribution in [1.29, 1.82) is 0 Å². The fraction of sp³-hybridized carbons (Fsp3) is 0.435. The van der Waals surface area contributed by atoms with Crippen LogP contribution in [0.25, 0.3) is 0 Å². The quantitative estimate of drug-likeness (QED) is 0.706. The molecule has 7 nitrogen and oxygen atoms in total. The monoisotopic (exact) mass is 446 g/mol. The Morgan fingerprint density at radius 3 is 2.45 bits per heavy atom. The molecule has 0 spiro atoms. The molecular formula is C23H30N2O5S. The predicted octanol–water partition coefficient (Wildman–Crippen LogP) is 3.21. The van der Waals surface area contributed by atoms with Gasteiger partial charge in [0.15, 0.2) is 0 Å². The van der Waals surface area contributed by atoms with E-state index in [9.17, 15) is 13.2 Å². The summed E-state index contributed by atoms with van der Waals surface area (Å²) in [7, 11) is -2.05. The molecule has 2 aromatic carbocycles.